The Balaban J connectivity index is 1.89. The van der Waals surface area contributed by atoms with E-state index in [9.17, 15) is 9.90 Å². The SMILES string of the molecule is COc1ccccc1OCC(=O)N1CC[C@H](O)C1. The number of rotatable bonds is 4. The molecular formula is C13H17NO4. The van der Waals surface area contributed by atoms with Crippen molar-refractivity contribution < 1.29 is 19.4 Å². The first kappa shape index (κ1) is 12.7. The Morgan fingerprint density at radius 3 is 2.78 bits per heavy atom. The zero-order chi connectivity index (χ0) is 13.0. The summed E-state index contributed by atoms with van der Waals surface area (Å²) in [5.74, 6) is 1.04. The number of ether oxygens (including phenoxy) is 2. The maximum absolute atomic E-state index is 11.8. The first-order valence-electron chi connectivity index (χ1n) is 5.92. The lowest BCUT2D eigenvalue weighted by Crippen LogP contribution is -2.33. The van der Waals surface area contributed by atoms with Crippen LogP contribution in [0.25, 0.3) is 0 Å². The first-order valence-corrected chi connectivity index (χ1v) is 5.92. The average Bonchev–Trinajstić information content (AvgIpc) is 2.83. The maximum atomic E-state index is 11.8. The number of aliphatic hydroxyl groups is 1. The molecule has 1 fully saturated rings. The molecule has 18 heavy (non-hydrogen) atoms. The standard InChI is InChI=1S/C13H17NO4/c1-17-11-4-2-3-5-12(11)18-9-13(16)14-7-6-10(15)8-14/h2-5,10,15H,6-9H2,1H3/t10-/m0/s1. The van der Waals surface area contributed by atoms with E-state index in [1.54, 1.807) is 24.1 Å². The molecule has 0 unspecified atom stereocenters. The summed E-state index contributed by atoms with van der Waals surface area (Å²) in [6.07, 6.45) is 0.237. The Labute approximate surface area is 106 Å². The molecule has 1 heterocycles. The van der Waals surface area contributed by atoms with Gasteiger partial charge < -0.3 is 19.5 Å². The quantitative estimate of drug-likeness (QED) is 0.854. The van der Waals surface area contributed by atoms with E-state index in [2.05, 4.69) is 0 Å². The van der Waals surface area contributed by atoms with Crippen molar-refractivity contribution in [1.29, 1.82) is 0 Å². The minimum atomic E-state index is -0.403. The fraction of sp³-hybridized carbons (Fsp3) is 0.462. The van der Waals surface area contributed by atoms with Crippen molar-refractivity contribution in [1.82, 2.24) is 4.90 Å². The summed E-state index contributed by atoms with van der Waals surface area (Å²) < 4.78 is 10.6. The molecule has 5 nitrogen and oxygen atoms in total. The Morgan fingerprint density at radius 2 is 2.17 bits per heavy atom. The molecular weight excluding hydrogens is 234 g/mol. The van der Waals surface area contributed by atoms with Gasteiger partial charge in [0, 0.05) is 13.1 Å². The second-order valence-corrected chi connectivity index (χ2v) is 4.22. The molecule has 0 aromatic heterocycles. The highest BCUT2D eigenvalue weighted by Crippen LogP contribution is 2.25. The van der Waals surface area contributed by atoms with Crippen molar-refractivity contribution in [3.8, 4) is 11.5 Å². The van der Waals surface area contributed by atoms with Crippen LogP contribution in [0, 0.1) is 0 Å². The van der Waals surface area contributed by atoms with Gasteiger partial charge in [0.05, 0.1) is 13.2 Å². The normalized spacial score (nSPS) is 18.8. The van der Waals surface area contributed by atoms with Gasteiger partial charge in [0.2, 0.25) is 0 Å². The number of benzene rings is 1. The van der Waals surface area contributed by atoms with Crippen LogP contribution in [-0.4, -0.2) is 48.8 Å². The topological polar surface area (TPSA) is 59.0 Å². The van der Waals surface area contributed by atoms with E-state index < -0.39 is 6.10 Å². The Hall–Kier alpha value is -1.75. The van der Waals surface area contributed by atoms with Gasteiger partial charge in [-0.15, -0.1) is 0 Å². The number of hydrogen-bond acceptors (Lipinski definition) is 4. The predicted octanol–water partition coefficient (Wildman–Crippen LogP) is 0.667. The molecule has 1 atom stereocenters. The summed E-state index contributed by atoms with van der Waals surface area (Å²) in [5.41, 5.74) is 0. The monoisotopic (exact) mass is 251 g/mol. The van der Waals surface area contributed by atoms with Gasteiger partial charge in [-0.3, -0.25) is 4.79 Å². The number of para-hydroxylation sites is 2. The van der Waals surface area contributed by atoms with Gasteiger partial charge in [-0.05, 0) is 18.6 Å². The van der Waals surface area contributed by atoms with Gasteiger partial charge >= 0.3 is 0 Å². The molecule has 5 heteroatoms. The molecule has 1 saturated heterocycles. The number of aliphatic hydroxyl groups excluding tert-OH is 1. The van der Waals surface area contributed by atoms with Crippen molar-refractivity contribution >= 4 is 5.91 Å². The summed E-state index contributed by atoms with van der Waals surface area (Å²) in [7, 11) is 1.56. The van der Waals surface area contributed by atoms with Gasteiger partial charge in [0.1, 0.15) is 0 Å². The van der Waals surface area contributed by atoms with Crippen LogP contribution < -0.4 is 9.47 Å². The fourth-order valence-corrected chi connectivity index (χ4v) is 1.94. The zero-order valence-electron chi connectivity index (χ0n) is 10.3. The molecule has 1 aliphatic heterocycles. The Morgan fingerprint density at radius 1 is 1.44 bits per heavy atom. The third kappa shape index (κ3) is 2.92. The average molecular weight is 251 g/mol. The smallest absolute Gasteiger partial charge is 0.260 e. The number of methoxy groups -OCH3 is 1. The molecule has 0 bridgehead atoms. The van der Waals surface area contributed by atoms with Crippen molar-refractivity contribution in [2.24, 2.45) is 0 Å². The summed E-state index contributed by atoms with van der Waals surface area (Å²) in [6, 6.07) is 7.19. The molecule has 2 rings (SSSR count). The highest BCUT2D eigenvalue weighted by atomic mass is 16.5. The summed E-state index contributed by atoms with van der Waals surface area (Å²) >= 11 is 0. The number of nitrogens with zero attached hydrogens (tertiary/aromatic N) is 1. The minimum absolute atomic E-state index is 0.0346. The minimum Gasteiger partial charge on any atom is -0.493 e. The van der Waals surface area contributed by atoms with Crippen molar-refractivity contribution in [2.45, 2.75) is 12.5 Å². The summed E-state index contributed by atoms with van der Waals surface area (Å²) in [5, 5.41) is 9.36. The third-order valence-corrected chi connectivity index (χ3v) is 2.94. The second-order valence-electron chi connectivity index (χ2n) is 4.22. The molecule has 0 spiro atoms. The lowest BCUT2D eigenvalue weighted by atomic mass is 10.3. The van der Waals surface area contributed by atoms with Crippen LogP contribution >= 0.6 is 0 Å². The van der Waals surface area contributed by atoms with E-state index in [1.807, 2.05) is 12.1 Å². The molecule has 1 amide bonds. The number of likely N-dealkylation sites (tertiary alicyclic amines) is 1. The lowest BCUT2D eigenvalue weighted by Gasteiger charge is -2.16. The molecule has 1 aliphatic rings. The van der Waals surface area contributed by atoms with Crippen LogP contribution in [0.3, 0.4) is 0 Å². The fourth-order valence-electron chi connectivity index (χ4n) is 1.94. The molecule has 0 saturated carbocycles. The molecule has 1 aromatic rings. The van der Waals surface area contributed by atoms with Crippen LogP contribution in [-0.2, 0) is 4.79 Å². The molecule has 98 valence electrons. The van der Waals surface area contributed by atoms with Gasteiger partial charge in [-0.2, -0.15) is 0 Å². The Kier molecular flexibility index (Phi) is 4.04. The highest BCUT2D eigenvalue weighted by molar-refractivity contribution is 5.78. The molecule has 1 N–H and O–H groups in total. The number of carbonyl (C=O) groups excluding carboxylic acids is 1. The molecule has 1 aromatic carbocycles. The van der Waals surface area contributed by atoms with Crippen LogP contribution in [0.5, 0.6) is 11.5 Å². The molecule has 0 radical (unpaired) electrons. The van der Waals surface area contributed by atoms with Crippen LogP contribution in [0.2, 0.25) is 0 Å². The number of amides is 1. The van der Waals surface area contributed by atoms with Crippen LogP contribution in [0.4, 0.5) is 0 Å². The van der Waals surface area contributed by atoms with Crippen molar-refractivity contribution in [3.05, 3.63) is 24.3 Å². The Bertz CT molecular complexity index is 421. The van der Waals surface area contributed by atoms with E-state index in [-0.39, 0.29) is 12.5 Å². The van der Waals surface area contributed by atoms with E-state index in [4.69, 9.17) is 9.47 Å². The van der Waals surface area contributed by atoms with Crippen molar-refractivity contribution in [3.63, 3.8) is 0 Å². The van der Waals surface area contributed by atoms with Gasteiger partial charge in [-0.1, -0.05) is 12.1 Å². The number of carbonyl (C=O) groups is 1. The lowest BCUT2D eigenvalue weighted by molar-refractivity contribution is -0.132. The summed E-state index contributed by atoms with van der Waals surface area (Å²) in [4.78, 5) is 13.4. The van der Waals surface area contributed by atoms with E-state index >= 15 is 0 Å². The third-order valence-electron chi connectivity index (χ3n) is 2.94. The largest absolute Gasteiger partial charge is 0.493 e. The number of hydrogen-bond donors (Lipinski definition) is 1. The van der Waals surface area contributed by atoms with Crippen molar-refractivity contribution in [2.75, 3.05) is 26.8 Å². The zero-order valence-corrected chi connectivity index (χ0v) is 10.3. The molecule has 0 aliphatic carbocycles. The van der Waals surface area contributed by atoms with Gasteiger partial charge in [0.15, 0.2) is 18.1 Å². The van der Waals surface area contributed by atoms with Crippen LogP contribution in [0.1, 0.15) is 6.42 Å². The maximum Gasteiger partial charge on any atom is 0.260 e. The summed E-state index contributed by atoms with van der Waals surface area (Å²) in [6.45, 7) is 0.955. The first-order chi connectivity index (χ1) is 8.70. The number of β-amino-alcohol motifs (C(OH)–C–C–N with tert-alkyl or cyclic N) is 1. The van der Waals surface area contributed by atoms with E-state index in [0.29, 0.717) is 31.0 Å². The van der Waals surface area contributed by atoms with Gasteiger partial charge in [-0.25, -0.2) is 0 Å². The second kappa shape index (κ2) is 5.73. The van der Waals surface area contributed by atoms with E-state index in [0.717, 1.165) is 0 Å². The predicted molar refractivity (Wildman–Crippen MR) is 65.7 cm³/mol. The van der Waals surface area contributed by atoms with Gasteiger partial charge in [0.25, 0.3) is 5.91 Å². The highest BCUT2D eigenvalue weighted by Gasteiger charge is 2.24. The van der Waals surface area contributed by atoms with E-state index in [1.165, 1.54) is 0 Å². The van der Waals surface area contributed by atoms with Crippen LogP contribution in [0.15, 0.2) is 24.3 Å².